The van der Waals surface area contributed by atoms with Gasteiger partial charge in [-0.15, -0.1) is 0 Å². The molecule has 0 aromatic heterocycles. The van der Waals surface area contributed by atoms with Crippen molar-refractivity contribution in [2.75, 3.05) is 25.4 Å². The molecule has 1 aliphatic heterocycles. The Bertz CT molecular complexity index is 844. The number of benzene rings is 2. The van der Waals surface area contributed by atoms with Crippen LogP contribution in [0.2, 0.25) is 5.02 Å². The molecule has 6 heteroatoms. The Morgan fingerprint density at radius 1 is 1.07 bits per heavy atom. The second-order valence-electron chi connectivity index (χ2n) is 6.78. The highest BCUT2D eigenvalue weighted by Crippen LogP contribution is 2.18. The fourth-order valence-corrected chi connectivity index (χ4v) is 4.28. The van der Waals surface area contributed by atoms with Crippen LogP contribution in [0.1, 0.15) is 35.2 Å². The van der Waals surface area contributed by atoms with Crippen LogP contribution in [0, 0.1) is 0 Å². The second-order valence-corrected chi connectivity index (χ2v) is 8.95. The summed E-state index contributed by atoms with van der Waals surface area (Å²) in [4.78, 5) is 14.6. The van der Waals surface area contributed by atoms with Crippen LogP contribution in [0.4, 0.5) is 0 Å². The van der Waals surface area contributed by atoms with Crippen molar-refractivity contribution in [1.82, 2.24) is 4.90 Å². The summed E-state index contributed by atoms with van der Waals surface area (Å²) < 4.78 is 6.75. The van der Waals surface area contributed by atoms with E-state index in [1.54, 1.807) is 48.2 Å². The predicted octanol–water partition coefficient (Wildman–Crippen LogP) is 6.12. The molecule has 2 aromatic rings. The lowest BCUT2D eigenvalue weighted by Crippen LogP contribution is -2.33. The van der Waals surface area contributed by atoms with E-state index < -0.39 is 0 Å². The number of carbonyl (C=O) groups excluding carboxylic acids is 1. The van der Waals surface area contributed by atoms with Crippen molar-refractivity contribution in [3.05, 3.63) is 70.8 Å². The Hall–Kier alpha value is -1.82. The highest BCUT2D eigenvalue weighted by Gasteiger charge is 2.13. The molecule has 1 heterocycles. The smallest absolute Gasteiger partial charge is 0.185 e. The quantitative estimate of drug-likeness (QED) is 0.222. The third-order valence-corrected chi connectivity index (χ3v) is 6.37. The standard InChI is InChI=1S/C23H24ClNO2S2/c24-20-9-4-18(5-10-20)6-13-22(26)19-7-11-21(12-8-19)27-16-17-29-23(28)25-14-2-1-3-15-25/h4-13H,1-3,14-17H2/b13-6+. The zero-order chi connectivity index (χ0) is 20.5. The van der Waals surface area contributed by atoms with E-state index in [0.29, 0.717) is 17.2 Å². The molecule has 29 heavy (non-hydrogen) atoms. The third kappa shape index (κ3) is 7.18. The molecule has 152 valence electrons. The first kappa shape index (κ1) is 21.9. The predicted molar refractivity (Wildman–Crippen MR) is 127 cm³/mol. The Labute approximate surface area is 187 Å². The average Bonchev–Trinajstić information content (AvgIpc) is 2.77. The molecule has 3 nitrogen and oxygen atoms in total. The van der Waals surface area contributed by atoms with Gasteiger partial charge in [-0.05, 0) is 67.3 Å². The van der Waals surface area contributed by atoms with Crippen molar-refractivity contribution in [1.29, 1.82) is 0 Å². The van der Waals surface area contributed by atoms with Gasteiger partial charge in [-0.2, -0.15) is 0 Å². The number of thiocarbonyl (C=S) groups is 1. The number of nitrogens with zero attached hydrogens (tertiary/aromatic N) is 1. The molecule has 0 N–H and O–H groups in total. The van der Waals surface area contributed by atoms with Gasteiger partial charge in [-0.1, -0.05) is 53.8 Å². The van der Waals surface area contributed by atoms with E-state index in [4.69, 9.17) is 28.6 Å². The first-order valence-electron chi connectivity index (χ1n) is 9.74. The number of hydrogen-bond acceptors (Lipinski definition) is 4. The van der Waals surface area contributed by atoms with Crippen LogP contribution >= 0.6 is 35.6 Å². The van der Waals surface area contributed by atoms with Crippen LogP contribution in [0.15, 0.2) is 54.6 Å². The van der Waals surface area contributed by atoms with E-state index in [2.05, 4.69) is 4.90 Å². The van der Waals surface area contributed by atoms with Crippen LogP contribution in [0.5, 0.6) is 5.75 Å². The fraction of sp³-hybridized carbons (Fsp3) is 0.304. The molecule has 0 spiro atoms. The summed E-state index contributed by atoms with van der Waals surface area (Å²) in [5, 5.41) is 0.677. The summed E-state index contributed by atoms with van der Waals surface area (Å²) in [6, 6.07) is 14.6. The maximum Gasteiger partial charge on any atom is 0.185 e. The lowest BCUT2D eigenvalue weighted by Gasteiger charge is -2.28. The summed E-state index contributed by atoms with van der Waals surface area (Å²) in [6.07, 6.45) is 7.12. The molecule has 0 atom stereocenters. The Balaban J connectivity index is 1.41. The molecule has 2 aromatic carbocycles. The second kappa shape index (κ2) is 11.4. The molecule has 0 saturated carbocycles. The monoisotopic (exact) mass is 445 g/mol. The minimum atomic E-state index is -0.0473. The van der Waals surface area contributed by atoms with Gasteiger partial charge in [0.05, 0.1) is 6.61 Å². The number of piperidine rings is 1. The molecular formula is C23H24ClNO2S2. The zero-order valence-corrected chi connectivity index (χ0v) is 18.6. The highest BCUT2D eigenvalue weighted by atomic mass is 35.5. The molecule has 3 rings (SSSR count). The van der Waals surface area contributed by atoms with Crippen LogP contribution in [0.25, 0.3) is 6.08 Å². The van der Waals surface area contributed by atoms with Crippen molar-refractivity contribution >= 4 is 51.8 Å². The molecule has 0 unspecified atom stereocenters. The number of carbonyl (C=O) groups is 1. The van der Waals surface area contributed by atoms with Crippen molar-refractivity contribution in [2.45, 2.75) is 19.3 Å². The Morgan fingerprint density at radius 2 is 1.76 bits per heavy atom. The number of likely N-dealkylation sites (tertiary alicyclic amines) is 1. The average molecular weight is 446 g/mol. The van der Waals surface area contributed by atoms with Gasteiger partial charge in [0.2, 0.25) is 0 Å². The Morgan fingerprint density at radius 3 is 2.45 bits per heavy atom. The van der Waals surface area contributed by atoms with Crippen molar-refractivity contribution < 1.29 is 9.53 Å². The highest BCUT2D eigenvalue weighted by molar-refractivity contribution is 8.22. The summed E-state index contributed by atoms with van der Waals surface area (Å²) in [6.45, 7) is 2.74. The van der Waals surface area contributed by atoms with Gasteiger partial charge in [-0.25, -0.2) is 0 Å². The van der Waals surface area contributed by atoms with E-state index in [0.717, 1.165) is 34.5 Å². The number of thioether (sulfide) groups is 1. The number of rotatable bonds is 7. The van der Waals surface area contributed by atoms with Gasteiger partial charge in [0.15, 0.2) is 5.78 Å². The van der Waals surface area contributed by atoms with Gasteiger partial charge in [0.25, 0.3) is 0 Å². The maximum atomic E-state index is 12.3. The number of ether oxygens (including phenoxy) is 1. The van der Waals surface area contributed by atoms with Gasteiger partial charge < -0.3 is 9.64 Å². The molecule has 1 saturated heterocycles. The molecule has 0 bridgehead atoms. The third-order valence-electron chi connectivity index (χ3n) is 4.63. The summed E-state index contributed by atoms with van der Waals surface area (Å²) in [5.41, 5.74) is 1.56. The molecular weight excluding hydrogens is 422 g/mol. The number of halogens is 1. The van der Waals surface area contributed by atoms with Crippen LogP contribution in [-0.4, -0.2) is 40.5 Å². The van der Waals surface area contributed by atoms with Crippen molar-refractivity contribution in [3.8, 4) is 5.75 Å². The summed E-state index contributed by atoms with van der Waals surface area (Å²) in [7, 11) is 0. The molecule has 1 aliphatic rings. The first-order chi connectivity index (χ1) is 14.1. The van der Waals surface area contributed by atoms with Crippen molar-refractivity contribution in [3.63, 3.8) is 0 Å². The molecule has 0 radical (unpaired) electrons. The van der Waals surface area contributed by atoms with Gasteiger partial charge in [-0.3, -0.25) is 4.79 Å². The molecule has 0 aliphatic carbocycles. The fourth-order valence-electron chi connectivity index (χ4n) is 3.01. The topological polar surface area (TPSA) is 29.5 Å². The van der Waals surface area contributed by atoms with Crippen LogP contribution < -0.4 is 4.74 Å². The van der Waals surface area contributed by atoms with E-state index in [1.807, 2.05) is 24.3 Å². The van der Waals surface area contributed by atoms with E-state index in [-0.39, 0.29) is 5.78 Å². The zero-order valence-electron chi connectivity index (χ0n) is 16.2. The molecule has 0 amide bonds. The summed E-state index contributed by atoms with van der Waals surface area (Å²) in [5.74, 6) is 1.53. The van der Waals surface area contributed by atoms with E-state index >= 15 is 0 Å². The minimum Gasteiger partial charge on any atom is -0.493 e. The Kier molecular flexibility index (Phi) is 8.59. The lowest BCUT2D eigenvalue weighted by molar-refractivity contribution is 0.104. The van der Waals surface area contributed by atoms with E-state index in [9.17, 15) is 4.79 Å². The minimum absolute atomic E-state index is 0.0473. The largest absolute Gasteiger partial charge is 0.493 e. The number of ketones is 1. The first-order valence-corrected chi connectivity index (χ1v) is 11.5. The van der Waals surface area contributed by atoms with Gasteiger partial charge in [0.1, 0.15) is 10.1 Å². The lowest BCUT2D eigenvalue weighted by atomic mass is 10.1. The van der Waals surface area contributed by atoms with Crippen LogP contribution in [-0.2, 0) is 0 Å². The van der Waals surface area contributed by atoms with E-state index in [1.165, 1.54) is 19.3 Å². The van der Waals surface area contributed by atoms with Gasteiger partial charge >= 0.3 is 0 Å². The molecule has 1 fully saturated rings. The van der Waals surface area contributed by atoms with Gasteiger partial charge in [0, 0.05) is 29.4 Å². The van der Waals surface area contributed by atoms with Crippen LogP contribution in [0.3, 0.4) is 0 Å². The van der Waals surface area contributed by atoms with Crippen molar-refractivity contribution in [2.24, 2.45) is 0 Å². The number of hydrogen-bond donors (Lipinski definition) is 0. The normalized spacial score (nSPS) is 14.2. The maximum absolute atomic E-state index is 12.3. The number of allylic oxidation sites excluding steroid dienone is 1. The summed E-state index contributed by atoms with van der Waals surface area (Å²) >= 11 is 13.0. The SMILES string of the molecule is O=C(/C=C/c1ccc(Cl)cc1)c1ccc(OCCSC(=S)N2CCCCC2)cc1.